The second-order valence-corrected chi connectivity index (χ2v) is 6.57. The van der Waals surface area contributed by atoms with Crippen LogP contribution >= 0.6 is 0 Å². The predicted molar refractivity (Wildman–Crippen MR) is 56.5 cm³/mol. The van der Waals surface area contributed by atoms with Crippen molar-refractivity contribution in [3.05, 3.63) is 0 Å². The molecule has 1 N–H and O–H groups in total. The van der Waals surface area contributed by atoms with E-state index in [1.165, 1.54) is 0 Å². The molecule has 0 aromatic rings. The van der Waals surface area contributed by atoms with Crippen molar-refractivity contribution in [1.29, 1.82) is 4.78 Å². The summed E-state index contributed by atoms with van der Waals surface area (Å²) in [6.45, 7) is 8.95. The van der Waals surface area contributed by atoms with E-state index in [9.17, 15) is 4.21 Å². The Morgan fingerprint density at radius 2 is 2.23 bits per heavy atom. The Morgan fingerprint density at radius 1 is 1.62 bits per heavy atom. The number of rotatable bonds is 2. The summed E-state index contributed by atoms with van der Waals surface area (Å²) in [5.74, 6) is 0.920. The lowest BCUT2D eigenvalue weighted by Crippen LogP contribution is -2.48. The molecule has 78 valence electrons. The standard InChI is InChI=1S/C9H20N2OS/c1-4-11-5-6-13(10,12)9(7-11)8(2)3/h8-10H,4-7H2,1-3H3. The lowest BCUT2D eigenvalue weighted by Gasteiger charge is -2.35. The summed E-state index contributed by atoms with van der Waals surface area (Å²) < 4.78 is 19.7. The second kappa shape index (κ2) is 3.96. The van der Waals surface area contributed by atoms with Gasteiger partial charge in [-0.1, -0.05) is 20.8 Å². The third-order valence-electron chi connectivity index (χ3n) is 2.83. The van der Waals surface area contributed by atoms with Crippen molar-refractivity contribution in [2.24, 2.45) is 5.92 Å². The van der Waals surface area contributed by atoms with Crippen molar-refractivity contribution in [3.63, 3.8) is 0 Å². The molecule has 0 aliphatic carbocycles. The molecule has 1 saturated heterocycles. The first kappa shape index (κ1) is 11.0. The summed E-state index contributed by atoms with van der Waals surface area (Å²) in [5, 5.41) is 0.0706. The molecule has 13 heavy (non-hydrogen) atoms. The van der Waals surface area contributed by atoms with Gasteiger partial charge in [-0.05, 0) is 12.5 Å². The predicted octanol–water partition coefficient (Wildman–Crippen LogP) is 1.39. The van der Waals surface area contributed by atoms with E-state index in [1.54, 1.807) is 0 Å². The Kier molecular flexibility index (Phi) is 3.35. The first-order valence-corrected chi connectivity index (χ1v) is 6.74. The molecule has 1 heterocycles. The van der Waals surface area contributed by atoms with E-state index in [2.05, 4.69) is 25.7 Å². The van der Waals surface area contributed by atoms with E-state index in [4.69, 9.17) is 4.78 Å². The van der Waals surface area contributed by atoms with Crippen LogP contribution in [-0.2, 0) is 9.73 Å². The molecule has 1 rings (SSSR count). The zero-order valence-electron chi connectivity index (χ0n) is 8.75. The quantitative estimate of drug-likeness (QED) is 0.739. The molecular formula is C9H20N2OS. The van der Waals surface area contributed by atoms with Crippen LogP contribution in [0.3, 0.4) is 0 Å². The summed E-state index contributed by atoms with van der Waals surface area (Å²) in [6.07, 6.45) is 0. The van der Waals surface area contributed by atoms with Crippen LogP contribution in [0.5, 0.6) is 0 Å². The number of nitrogens with zero attached hydrogens (tertiary/aromatic N) is 1. The van der Waals surface area contributed by atoms with Gasteiger partial charge in [0.25, 0.3) is 0 Å². The highest BCUT2D eigenvalue weighted by Gasteiger charge is 2.31. The van der Waals surface area contributed by atoms with Gasteiger partial charge in [0.15, 0.2) is 0 Å². The first-order chi connectivity index (χ1) is 5.97. The second-order valence-electron chi connectivity index (χ2n) is 4.11. The van der Waals surface area contributed by atoms with Crippen LogP contribution in [0.1, 0.15) is 20.8 Å². The lowest BCUT2D eigenvalue weighted by atomic mass is 10.1. The highest BCUT2D eigenvalue weighted by atomic mass is 32.2. The summed E-state index contributed by atoms with van der Waals surface area (Å²) >= 11 is 0. The van der Waals surface area contributed by atoms with Crippen LogP contribution in [0.2, 0.25) is 0 Å². The largest absolute Gasteiger partial charge is 0.301 e. The van der Waals surface area contributed by atoms with Gasteiger partial charge in [0.05, 0.1) is 5.25 Å². The number of nitrogens with one attached hydrogen (secondary N) is 1. The van der Waals surface area contributed by atoms with E-state index in [0.29, 0.717) is 11.7 Å². The van der Waals surface area contributed by atoms with E-state index in [0.717, 1.165) is 19.6 Å². The van der Waals surface area contributed by atoms with E-state index in [1.807, 2.05) is 0 Å². The van der Waals surface area contributed by atoms with Gasteiger partial charge in [0.1, 0.15) is 0 Å². The van der Waals surface area contributed by atoms with Crippen molar-refractivity contribution in [3.8, 4) is 0 Å². The van der Waals surface area contributed by atoms with Gasteiger partial charge in [-0.2, -0.15) is 0 Å². The summed E-state index contributed by atoms with van der Waals surface area (Å²) in [7, 11) is -2.31. The van der Waals surface area contributed by atoms with Crippen molar-refractivity contribution in [1.82, 2.24) is 4.90 Å². The molecular weight excluding hydrogens is 184 g/mol. The number of hydrogen-bond donors (Lipinski definition) is 1. The maximum Gasteiger partial charge on any atom is 0.0578 e. The van der Waals surface area contributed by atoms with Crippen LogP contribution in [0.15, 0.2) is 0 Å². The van der Waals surface area contributed by atoms with Crippen LogP contribution in [0.25, 0.3) is 0 Å². The van der Waals surface area contributed by atoms with E-state index >= 15 is 0 Å². The van der Waals surface area contributed by atoms with Crippen LogP contribution < -0.4 is 0 Å². The van der Waals surface area contributed by atoms with Gasteiger partial charge in [0, 0.05) is 28.6 Å². The first-order valence-electron chi connectivity index (χ1n) is 4.95. The maximum absolute atomic E-state index is 11.9. The molecule has 0 radical (unpaired) electrons. The Hall–Kier alpha value is -0.0900. The number of hydrogen-bond acceptors (Lipinski definition) is 3. The van der Waals surface area contributed by atoms with Gasteiger partial charge < -0.3 is 4.90 Å². The van der Waals surface area contributed by atoms with Crippen molar-refractivity contribution >= 4 is 9.73 Å². The Balaban J connectivity index is 2.76. The Morgan fingerprint density at radius 3 is 2.69 bits per heavy atom. The zero-order chi connectivity index (χ0) is 10.1. The molecule has 1 aliphatic heterocycles. The minimum atomic E-state index is -2.31. The fourth-order valence-corrected chi connectivity index (χ4v) is 3.98. The van der Waals surface area contributed by atoms with Crippen LogP contribution in [0.4, 0.5) is 0 Å². The Labute approximate surface area is 81.5 Å². The van der Waals surface area contributed by atoms with E-state index < -0.39 is 9.73 Å². The molecule has 1 fully saturated rings. The van der Waals surface area contributed by atoms with Gasteiger partial charge >= 0.3 is 0 Å². The summed E-state index contributed by atoms with van der Waals surface area (Å²) in [5.41, 5.74) is 0. The molecule has 4 heteroatoms. The molecule has 2 unspecified atom stereocenters. The highest BCUT2D eigenvalue weighted by molar-refractivity contribution is 7.93. The smallest absolute Gasteiger partial charge is 0.0578 e. The van der Waals surface area contributed by atoms with Gasteiger partial charge in [-0.25, -0.2) is 4.21 Å². The average molecular weight is 204 g/mol. The lowest BCUT2D eigenvalue weighted by molar-refractivity contribution is 0.275. The Bertz CT molecular complexity index is 259. The van der Waals surface area contributed by atoms with Gasteiger partial charge in [-0.3, -0.25) is 4.78 Å². The van der Waals surface area contributed by atoms with Crippen molar-refractivity contribution < 1.29 is 4.21 Å². The highest BCUT2D eigenvalue weighted by Crippen LogP contribution is 2.19. The molecule has 0 spiro atoms. The topological polar surface area (TPSA) is 44.2 Å². The molecule has 1 aliphatic rings. The molecule has 3 nitrogen and oxygen atoms in total. The molecule has 0 aromatic heterocycles. The molecule has 0 amide bonds. The zero-order valence-corrected chi connectivity index (χ0v) is 9.56. The van der Waals surface area contributed by atoms with Crippen LogP contribution in [0, 0.1) is 10.7 Å². The van der Waals surface area contributed by atoms with E-state index in [-0.39, 0.29) is 5.25 Å². The van der Waals surface area contributed by atoms with Crippen molar-refractivity contribution in [2.45, 2.75) is 26.0 Å². The molecule has 2 atom stereocenters. The summed E-state index contributed by atoms with van der Waals surface area (Å²) in [4.78, 5) is 2.29. The normalized spacial score (nSPS) is 36.8. The fourth-order valence-electron chi connectivity index (χ4n) is 1.82. The average Bonchev–Trinajstić information content (AvgIpc) is 2.03. The maximum atomic E-state index is 11.9. The van der Waals surface area contributed by atoms with Crippen LogP contribution in [-0.4, -0.2) is 39.7 Å². The third-order valence-corrected chi connectivity index (χ3v) is 5.29. The molecule has 0 saturated carbocycles. The van der Waals surface area contributed by atoms with Gasteiger partial charge in [0.2, 0.25) is 0 Å². The third kappa shape index (κ3) is 2.44. The summed E-state index contributed by atoms with van der Waals surface area (Å²) in [6, 6.07) is 0. The molecule has 0 aromatic carbocycles. The van der Waals surface area contributed by atoms with Gasteiger partial charge in [-0.15, -0.1) is 0 Å². The minimum Gasteiger partial charge on any atom is -0.301 e. The van der Waals surface area contributed by atoms with Crippen molar-refractivity contribution in [2.75, 3.05) is 25.4 Å². The fraction of sp³-hybridized carbons (Fsp3) is 1.00. The molecule has 0 bridgehead atoms. The monoisotopic (exact) mass is 204 g/mol. The minimum absolute atomic E-state index is 0.0706. The SMILES string of the molecule is CCN1CCS(=N)(=O)C(C(C)C)C1.